The molecule has 1 N–H and O–H groups in total. The molecule has 0 aliphatic carbocycles. The Balaban J connectivity index is 2.33. The number of carbonyl (C=O) groups is 2. The summed E-state index contributed by atoms with van der Waals surface area (Å²) in [4.78, 5) is 22.2. The highest BCUT2D eigenvalue weighted by molar-refractivity contribution is 5.90. The van der Waals surface area contributed by atoms with Gasteiger partial charge in [0.05, 0.1) is 11.8 Å². The van der Waals surface area contributed by atoms with Crippen LogP contribution in [0.1, 0.15) is 10.4 Å². The predicted octanol–water partition coefficient (Wildman–Crippen LogP) is 0.255. The van der Waals surface area contributed by atoms with Crippen molar-refractivity contribution < 1.29 is 27.5 Å². The van der Waals surface area contributed by atoms with Crippen molar-refractivity contribution in [2.24, 2.45) is 7.05 Å². The predicted molar refractivity (Wildman–Crippen MR) is 52.6 cm³/mol. The Labute approximate surface area is 99.7 Å². The van der Waals surface area contributed by atoms with Crippen LogP contribution >= 0.6 is 0 Å². The second-order valence-corrected chi connectivity index (χ2v) is 3.37. The first-order chi connectivity index (χ1) is 8.28. The molecule has 0 aliphatic rings. The third-order valence-corrected chi connectivity index (χ3v) is 1.76. The number of nitrogens with one attached hydrogen (secondary N) is 1. The molecule has 1 aromatic rings. The van der Waals surface area contributed by atoms with Gasteiger partial charge in [0.15, 0.2) is 6.61 Å². The van der Waals surface area contributed by atoms with Crippen LogP contribution in [0.15, 0.2) is 12.4 Å². The van der Waals surface area contributed by atoms with Crippen molar-refractivity contribution in [1.82, 2.24) is 15.1 Å². The molecular weight excluding hydrogens is 255 g/mol. The Morgan fingerprint density at radius 1 is 1.50 bits per heavy atom. The lowest BCUT2D eigenvalue weighted by atomic mass is 10.4. The number of alkyl halides is 3. The van der Waals surface area contributed by atoms with Crippen LogP contribution in [0.3, 0.4) is 0 Å². The summed E-state index contributed by atoms with van der Waals surface area (Å²) >= 11 is 0. The van der Waals surface area contributed by atoms with E-state index in [1.165, 1.54) is 17.1 Å². The van der Waals surface area contributed by atoms with E-state index in [4.69, 9.17) is 0 Å². The van der Waals surface area contributed by atoms with Crippen molar-refractivity contribution >= 4 is 11.9 Å². The van der Waals surface area contributed by atoms with E-state index in [1.807, 2.05) is 0 Å². The van der Waals surface area contributed by atoms with Gasteiger partial charge in [0.1, 0.15) is 6.54 Å². The average molecular weight is 265 g/mol. The smallest absolute Gasteiger partial charge is 0.405 e. The maximum Gasteiger partial charge on any atom is 0.405 e. The minimum atomic E-state index is -4.50. The van der Waals surface area contributed by atoms with E-state index in [0.29, 0.717) is 0 Å². The van der Waals surface area contributed by atoms with Gasteiger partial charge in [0.25, 0.3) is 5.91 Å². The van der Waals surface area contributed by atoms with E-state index in [1.54, 1.807) is 12.4 Å². The van der Waals surface area contributed by atoms with E-state index in [2.05, 4.69) is 9.84 Å². The van der Waals surface area contributed by atoms with Crippen molar-refractivity contribution in [2.75, 3.05) is 13.2 Å². The molecular formula is C9H10F3N3O3. The topological polar surface area (TPSA) is 73.2 Å². The normalized spacial score (nSPS) is 11.1. The van der Waals surface area contributed by atoms with Gasteiger partial charge in [-0.05, 0) is 0 Å². The Morgan fingerprint density at radius 3 is 2.67 bits per heavy atom. The number of aromatic nitrogens is 2. The summed E-state index contributed by atoms with van der Waals surface area (Å²) in [5, 5.41) is 5.27. The highest BCUT2D eigenvalue weighted by atomic mass is 19.4. The zero-order valence-corrected chi connectivity index (χ0v) is 9.32. The van der Waals surface area contributed by atoms with E-state index in [9.17, 15) is 22.8 Å². The molecule has 100 valence electrons. The minimum Gasteiger partial charge on any atom is -0.452 e. The summed E-state index contributed by atoms with van der Waals surface area (Å²) < 4.78 is 41.1. The number of halogens is 3. The first-order valence-corrected chi connectivity index (χ1v) is 4.77. The highest BCUT2D eigenvalue weighted by Gasteiger charge is 2.27. The first-order valence-electron chi connectivity index (χ1n) is 4.77. The molecule has 0 saturated heterocycles. The molecule has 0 aliphatic heterocycles. The van der Waals surface area contributed by atoms with Crippen molar-refractivity contribution in [2.45, 2.75) is 6.18 Å². The zero-order chi connectivity index (χ0) is 13.8. The van der Waals surface area contributed by atoms with Crippen molar-refractivity contribution in [1.29, 1.82) is 0 Å². The van der Waals surface area contributed by atoms with Crippen LogP contribution in [-0.4, -0.2) is 41.0 Å². The average Bonchev–Trinajstić information content (AvgIpc) is 2.69. The number of rotatable bonds is 4. The van der Waals surface area contributed by atoms with Gasteiger partial charge in [-0.1, -0.05) is 0 Å². The van der Waals surface area contributed by atoms with Crippen LogP contribution < -0.4 is 5.32 Å². The number of nitrogens with zero attached hydrogens (tertiary/aromatic N) is 2. The molecule has 1 amide bonds. The minimum absolute atomic E-state index is 0.112. The second-order valence-electron chi connectivity index (χ2n) is 3.37. The van der Waals surface area contributed by atoms with Gasteiger partial charge in [-0.15, -0.1) is 0 Å². The standard InChI is InChI=1S/C9H10F3N3O3/c1-15-3-6(2-14-15)8(17)18-4-7(16)13-5-9(10,11)12/h2-3H,4-5H2,1H3,(H,13,16). The Bertz CT molecular complexity index is 442. The van der Waals surface area contributed by atoms with Gasteiger partial charge in [0, 0.05) is 13.2 Å². The van der Waals surface area contributed by atoms with E-state index >= 15 is 0 Å². The molecule has 0 atom stereocenters. The SMILES string of the molecule is Cn1cc(C(=O)OCC(=O)NCC(F)(F)F)cn1. The maximum atomic E-state index is 11.7. The summed E-state index contributed by atoms with van der Waals surface area (Å²) in [7, 11) is 1.58. The van der Waals surface area contributed by atoms with Gasteiger partial charge in [-0.3, -0.25) is 9.48 Å². The molecule has 18 heavy (non-hydrogen) atoms. The van der Waals surface area contributed by atoms with Gasteiger partial charge in [-0.25, -0.2) is 4.79 Å². The molecule has 1 rings (SSSR count). The third-order valence-electron chi connectivity index (χ3n) is 1.76. The fourth-order valence-electron chi connectivity index (χ4n) is 0.991. The van der Waals surface area contributed by atoms with E-state index in [-0.39, 0.29) is 5.56 Å². The number of hydrogen-bond donors (Lipinski definition) is 1. The molecule has 1 heterocycles. The molecule has 0 radical (unpaired) electrons. The maximum absolute atomic E-state index is 11.7. The number of aryl methyl sites for hydroxylation is 1. The van der Waals surface area contributed by atoms with Crippen molar-refractivity contribution in [3.05, 3.63) is 18.0 Å². The molecule has 0 fully saturated rings. The van der Waals surface area contributed by atoms with Gasteiger partial charge < -0.3 is 10.1 Å². The fraction of sp³-hybridized carbons (Fsp3) is 0.444. The summed E-state index contributed by atoms with van der Waals surface area (Å²) in [5.74, 6) is -1.85. The van der Waals surface area contributed by atoms with Crippen LogP contribution in [-0.2, 0) is 16.6 Å². The van der Waals surface area contributed by atoms with Crippen LogP contribution in [0.25, 0.3) is 0 Å². The lowest BCUT2D eigenvalue weighted by Crippen LogP contribution is -2.36. The summed E-state index contributed by atoms with van der Waals surface area (Å²) in [6.45, 7) is -2.24. The molecule has 0 saturated carbocycles. The molecule has 9 heteroatoms. The van der Waals surface area contributed by atoms with Crippen molar-refractivity contribution in [3.63, 3.8) is 0 Å². The quantitative estimate of drug-likeness (QED) is 0.792. The van der Waals surface area contributed by atoms with Gasteiger partial charge >= 0.3 is 12.1 Å². The van der Waals surface area contributed by atoms with Crippen LogP contribution in [0, 0.1) is 0 Å². The number of ether oxygens (including phenoxy) is 1. The molecule has 0 aromatic carbocycles. The molecule has 0 spiro atoms. The second kappa shape index (κ2) is 5.52. The Morgan fingerprint density at radius 2 is 2.17 bits per heavy atom. The number of esters is 1. The van der Waals surface area contributed by atoms with E-state index < -0.39 is 31.2 Å². The van der Waals surface area contributed by atoms with E-state index in [0.717, 1.165) is 0 Å². The third kappa shape index (κ3) is 4.85. The van der Waals surface area contributed by atoms with Gasteiger partial charge in [-0.2, -0.15) is 18.3 Å². The summed E-state index contributed by atoms with van der Waals surface area (Å²) in [5.41, 5.74) is 0.112. The van der Waals surface area contributed by atoms with Gasteiger partial charge in [0.2, 0.25) is 0 Å². The number of hydrogen-bond acceptors (Lipinski definition) is 4. The highest BCUT2D eigenvalue weighted by Crippen LogP contribution is 2.11. The lowest BCUT2D eigenvalue weighted by molar-refractivity contribution is -0.140. The number of carbonyl (C=O) groups excluding carboxylic acids is 2. The molecule has 0 unspecified atom stereocenters. The Kier molecular flexibility index (Phi) is 4.29. The largest absolute Gasteiger partial charge is 0.452 e. The van der Waals surface area contributed by atoms with Crippen LogP contribution in [0.4, 0.5) is 13.2 Å². The zero-order valence-electron chi connectivity index (χ0n) is 9.32. The molecule has 0 bridgehead atoms. The van der Waals surface area contributed by atoms with Crippen LogP contribution in [0.2, 0.25) is 0 Å². The first kappa shape index (κ1) is 14.0. The summed E-state index contributed by atoms with van der Waals surface area (Å²) in [6.07, 6.45) is -1.92. The van der Waals surface area contributed by atoms with Crippen LogP contribution in [0.5, 0.6) is 0 Å². The monoisotopic (exact) mass is 265 g/mol. The number of amides is 1. The summed E-state index contributed by atoms with van der Waals surface area (Å²) in [6, 6.07) is 0. The molecule has 1 aromatic heterocycles. The van der Waals surface area contributed by atoms with Crippen molar-refractivity contribution in [3.8, 4) is 0 Å². The fourth-order valence-corrected chi connectivity index (χ4v) is 0.991. The Hall–Kier alpha value is -2.06. The lowest BCUT2D eigenvalue weighted by Gasteiger charge is -2.08. The molecule has 6 nitrogen and oxygen atoms in total.